The molecule has 110 valence electrons. The van der Waals surface area contributed by atoms with Crippen LogP contribution in [0.25, 0.3) is 0 Å². The van der Waals surface area contributed by atoms with Crippen molar-refractivity contribution in [3.05, 3.63) is 42.1 Å². The molecule has 2 aliphatic rings. The minimum Gasteiger partial charge on any atom is -1.00 e. The number of hydrogen-bond acceptors (Lipinski definition) is 0. The SMILES string of the molecule is CCCCC1=[C]([Hf+2][C]2=C(CCCC)C=CC2)CC=C1.[Cl-].[H-]. The molecular formula is C18H27ClHf. The van der Waals surface area contributed by atoms with Gasteiger partial charge in [-0.05, 0) is 0 Å². The third-order valence-electron chi connectivity index (χ3n) is 3.96. The van der Waals surface area contributed by atoms with E-state index in [0.29, 0.717) is 0 Å². The van der Waals surface area contributed by atoms with E-state index in [9.17, 15) is 0 Å². The standard InChI is InChI=1S/2C9H13.ClH.Hf.H/c2*1-2-3-6-9-7-4-5-8-9;;;/h2*4,7H,2-3,5-6H2,1H3;1H;;/q;;;+2;-1/p-1. The van der Waals surface area contributed by atoms with Crippen LogP contribution in [-0.4, -0.2) is 0 Å². The topological polar surface area (TPSA) is 0 Å². The van der Waals surface area contributed by atoms with E-state index < -0.39 is 22.9 Å². The van der Waals surface area contributed by atoms with Gasteiger partial charge in [-0.25, -0.2) is 0 Å². The summed E-state index contributed by atoms with van der Waals surface area (Å²) in [4.78, 5) is 0. The van der Waals surface area contributed by atoms with E-state index in [1.807, 2.05) is 6.66 Å². The van der Waals surface area contributed by atoms with E-state index in [0.717, 1.165) is 0 Å². The van der Waals surface area contributed by atoms with Crippen LogP contribution in [0, 0.1) is 0 Å². The summed E-state index contributed by atoms with van der Waals surface area (Å²) in [6, 6.07) is 0. The van der Waals surface area contributed by atoms with Crippen LogP contribution in [0.15, 0.2) is 42.1 Å². The third kappa shape index (κ3) is 5.15. The Kier molecular flexibility index (Phi) is 9.04. The molecular weight excluding hydrogens is 430 g/mol. The molecule has 0 saturated carbocycles. The largest absolute Gasteiger partial charge is 1.00 e. The van der Waals surface area contributed by atoms with Crippen molar-refractivity contribution in [2.24, 2.45) is 0 Å². The zero-order chi connectivity index (χ0) is 13.5. The van der Waals surface area contributed by atoms with Crippen molar-refractivity contribution in [2.75, 3.05) is 0 Å². The van der Waals surface area contributed by atoms with Crippen molar-refractivity contribution in [3.63, 3.8) is 0 Å². The van der Waals surface area contributed by atoms with E-state index in [-0.39, 0.29) is 13.8 Å². The molecule has 0 N–H and O–H groups in total. The Balaban J connectivity index is 0.00000200. The van der Waals surface area contributed by atoms with Gasteiger partial charge in [0.05, 0.1) is 0 Å². The fourth-order valence-corrected chi connectivity index (χ4v) is 8.29. The van der Waals surface area contributed by atoms with Crippen molar-refractivity contribution in [3.8, 4) is 0 Å². The minimum absolute atomic E-state index is 0. The maximum atomic E-state index is 2.42. The molecule has 20 heavy (non-hydrogen) atoms. The van der Waals surface area contributed by atoms with Gasteiger partial charge in [-0.1, -0.05) is 0 Å². The normalized spacial score (nSPS) is 16.9. The van der Waals surface area contributed by atoms with Crippen molar-refractivity contribution in [1.82, 2.24) is 0 Å². The number of rotatable bonds is 8. The first-order valence-electron chi connectivity index (χ1n) is 7.89. The monoisotopic (exact) mass is 458 g/mol. The van der Waals surface area contributed by atoms with E-state index in [4.69, 9.17) is 0 Å². The van der Waals surface area contributed by atoms with E-state index in [2.05, 4.69) is 38.2 Å². The first-order chi connectivity index (χ1) is 9.35. The smallest absolute Gasteiger partial charge is 1.00 e. The Morgan fingerprint density at radius 2 is 1.35 bits per heavy atom. The molecule has 0 atom stereocenters. The summed E-state index contributed by atoms with van der Waals surface area (Å²) in [5, 5.41) is 0. The molecule has 2 aliphatic carbocycles. The number of unbranched alkanes of at least 4 members (excludes halogenated alkanes) is 2. The molecule has 0 fully saturated rings. The number of allylic oxidation sites excluding steroid dienone is 8. The van der Waals surface area contributed by atoms with Crippen molar-refractivity contribution in [2.45, 2.75) is 65.2 Å². The molecule has 0 spiro atoms. The second kappa shape index (κ2) is 9.95. The first kappa shape index (κ1) is 18.2. The van der Waals surface area contributed by atoms with Crippen LogP contribution in [0.4, 0.5) is 0 Å². The van der Waals surface area contributed by atoms with Crippen LogP contribution in [0.1, 0.15) is 66.6 Å². The zero-order valence-corrected chi connectivity index (χ0v) is 17.2. The number of halogens is 1. The summed E-state index contributed by atoms with van der Waals surface area (Å²) in [5.74, 6) is 0. The maximum absolute atomic E-state index is 2.42. The molecule has 0 unspecified atom stereocenters. The summed E-state index contributed by atoms with van der Waals surface area (Å²) in [7, 11) is 0. The van der Waals surface area contributed by atoms with Gasteiger partial charge in [0.25, 0.3) is 0 Å². The van der Waals surface area contributed by atoms with Gasteiger partial charge >= 0.3 is 130 Å². The third-order valence-corrected chi connectivity index (χ3v) is 9.90. The second-order valence-electron chi connectivity index (χ2n) is 5.55. The van der Waals surface area contributed by atoms with E-state index in [1.54, 1.807) is 11.1 Å². The Labute approximate surface area is 143 Å². The maximum Gasteiger partial charge on any atom is -1.00 e. The van der Waals surface area contributed by atoms with E-state index >= 15 is 0 Å². The zero-order valence-electron chi connectivity index (χ0n) is 13.8. The van der Waals surface area contributed by atoms with Gasteiger partial charge in [-0.3, -0.25) is 0 Å². The summed E-state index contributed by atoms with van der Waals surface area (Å²) < 4.78 is 3.78. The molecule has 0 aromatic rings. The molecule has 0 aromatic heterocycles. The molecule has 0 amide bonds. The van der Waals surface area contributed by atoms with Crippen LogP contribution < -0.4 is 12.4 Å². The van der Waals surface area contributed by atoms with Gasteiger partial charge in [-0.15, -0.1) is 0 Å². The Bertz CT molecular complexity index is 392. The molecule has 0 aliphatic heterocycles. The van der Waals surface area contributed by atoms with Crippen LogP contribution in [-0.2, 0) is 22.9 Å². The van der Waals surface area contributed by atoms with Gasteiger partial charge in [0.1, 0.15) is 0 Å². The Hall–Kier alpha value is 0.120. The van der Waals surface area contributed by atoms with Gasteiger partial charge in [0, 0.05) is 0 Å². The predicted molar refractivity (Wildman–Crippen MR) is 81.7 cm³/mol. The summed E-state index contributed by atoms with van der Waals surface area (Å²) in [6.45, 7) is 4.60. The summed E-state index contributed by atoms with van der Waals surface area (Å²) >= 11 is -0.707. The average Bonchev–Trinajstić information content (AvgIpc) is 3.04. The predicted octanol–water partition coefficient (Wildman–Crippen LogP) is 2.99. The van der Waals surface area contributed by atoms with Crippen molar-refractivity contribution < 1.29 is 36.7 Å². The molecule has 0 radical (unpaired) electrons. The Morgan fingerprint density at radius 1 is 0.900 bits per heavy atom. The van der Waals surface area contributed by atoms with Crippen molar-refractivity contribution >= 4 is 0 Å². The molecule has 0 heterocycles. The quantitative estimate of drug-likeness (QED) is 0.492. The fourth-order valence-electron chi connectivity index (χ4n) is 2.75. The van der Waals surface area contributed by atoms with Gasteiger partial charge in [0.15, 0.2) is 0 Å². The van der Waals surface area contributed by atoms with Gasteiger partial charge in [0.2, 0.25) is 0 Å². The van der Waals surface area contributed by atoms with Crippen LogP contribution in [0.5, 0.6) is 0 Å². The number of hydrogen-bond donors (Lipinski definition) is 0. The molecule has 0 bridgehead atoms. The Morgan fingerprint density at radius 3 is 1.75 bits per heavy atom. The summed E-state index contributed by atoms with van der Waals surface area (Å²) in [5.41, 5.74) is 3.44. The van der Waals surface area contributed by atoms with Crippen LogP contribution >= 0.6 is 0 Å². The molecule has 2 rings (SSSR count). The summed E-state index contributed by atoms with van der Waals surface area (Å²) in [6.07, 6.45) is 20.3. The fraction of sp³-hybridized carbons (Fsp3) is 0.556. The van der Waals surface area contributed by atoms with Crippen molar-refractivity contribution in [1.29, 1.82) is 0 Å². The molecule has 2 heteroatoms. The van der Waals surface area contributed by atoms with Crippen LogP contribution in [0.3, 0.4) is 0 Å². The molecule has 0 aromatic carbocycles. The average molecular weight is 457 g/mol. The van der Waals surface area contributed by atoms with E-state index in [1.165, 1.54) is 51.4 Å². The minimum atomic E-state index is -0.707. The van der Waals surface area contributed by atoms with Gasteiger partial charge < -0.3 is 13.8 Å². The van der Waals surface area contributed by atoms with Gasteiger partial charge in [-0.2, -0.15) is 0 Å². The molecule has 0 nitrogen and oxygen atoms in total. The first-order valence-corrected chi connectivity index (χ1v) is 11.5. The van der Waals surface area contributed by atoms with Crippen LogP contribution in [0.2, 0.25) is 0 Å². The molecule has 0 saturated heterocycles. The second-order valence-corrected chi connectivity index (χ2v) is 10.8.